The monoisotopic (exact) mass is 230 g/mol. The number of hydrogen-bond acceptors (Lipinski definition) is 3. The zero-order chi connectivity index (χ0) is 11.8. The molecule has 0 aliphatic heterocycles. The van der Waals surface area contributed by atoms with E-state index in [0.717, 1.165) is 5.82 Å². The lowest BCUT2D eigenvalue weighted by Crippen LogP contribution is -2.25. The van der Waals surface area contributed by atoms with Crippen molar-refractivity contribution in [3.8, 4) is 0 Å². The van der Waals surface area contributed by atoms with Crippen molar-refractivity contribution < 1.29 is 8.78 Å². The Morgan fingerprint density at radius 3 is 2.44 bits per heavy atom. The highest BCUT2D eigenvalue weighted by Crippen LogP contribution is 2.40. The average Bonchev–Trinajstić information content (AvgIpc) is 2.60. The summed E-state index contributed by atoms with van der Waals surface area (Å²) in [5, 5.41) is 10.9. The molecule has 1 N–H and O–H groups in total. The van der Waals surface area contributed by atoms with Gasteiger partial charge in [0.05, 0.1) is 0 Å². The normalized spacial score (nSPS) is 21.0. The summed E-state index contributed by atoms with van der Waals surface area (Å²) in [5.74, 6) is -0.896. The Morgan fingerprint density at radius 1 is 1.31 bits per heavy atom. The highest BCUT2D eigenvalue weighted by atomic mass is 19.3. The van der Waals surface area contributed by atoms with Crippen molar-refractivity contribution in [2.75, 3.05) is 12.4 Å². The summed E-state index contributed by atoms with van der Waals surface area (Å²) in [6.45, 7) is 0. The number of nitrogens with one attached hydrogen (secondary N) is 1. The predicted molar refractivity (Wildman–Crippen MR) is 56.7 cm³/mol. The van der Waals surface area contributed by atoms with E-state index in [1.807, 2.05) is 11.6 Å². The number of aromatic nitrogens is 3. The first-order valence-electron chi connectivity index (χ1n) is 5.48. The molecule has 1 heterocycles. The zero-order valence-corrected chi connectivity index (χ0v) is 9.50. The molecular weight excluding hydrogens is 214 g/mol. The van der Waals surface area contributed by atoms with Crippen LogP contribution in [0.4, 0.5) is 14.7 Å². The number of hydrogen-bond donors (Lipinski definition) is 1. The average molecular weight is 230 g/mol. The quantitative estimate of drug-likeness (QED) is 0.846. The van der Waals surface area contributed by atoms with Crippen LogP contribution in [0, 0.1) is 0 Å². The highest BCUT2D eigenvalue weighted by molar-refractivity contribution is 5.25. The molecule has 0 amide bonds. The van der Waals surface area contributed by atoms with Gasteiger partial charge in [-0.25, -0.2) is 8.78 Å². The van der Waals surface area contributed by atoms with Crippen molar-refractivity contribution in [1.29, 1.82) is 0 Å². The topological polar surface area (TPSA) is 42.7 Å². The van der Waals surface area contributed by atoms with E-state index in [-0.39, 0.29) is 18.8 Å². The molecular formula is C10H16F2N4. The Hall–Kier alpha value is -1.20. The van der Waals surface area contributed by atoms with Crippen LogP contribution in [0.2, 0.25) is 0 Å². The summed E-state index contributed by atoms with van der Waals surface area (Å²) in [7, 11) is 3.62. The van der Waals surface area contributed by atoms with Crippen molar-refractivity contribution in [2.45, 2.75) is 37.5 Å². The molecule has 6 heteroatoms. The van der Waals surface area contributed by atoms with Gasteiger partial charge in [-0.05, 0) is 12.8 Å². The van der Waals surface area contributed by atoms with Crippen LogP contribution >= 0.6 is 0 Å². The fourth-order valence-corrected chi connectivity index (χ4v) is 2.21. The molecule has 0 saturated heterocycles. The van der Waals surface area contributed by atoms with Gasteiger partial charge >= 0.3 is 0 Å². The highest BCUT2D eigenvalue weighted by Gasteiger charge is 2.36. The van der Waals surface area contributed by atoms with Gasteiger partial charge in [-0.3, -0.25) is 0 Å². The Balaban J connectivity index is 2.11. The fourth-order valence-electron chi connectivity index (χ4n) is 2.21. The summed E-state index contributed by atoms with van der Waals surface area (Å²) < 4.78 is 27.9. The molecule has 1 aromatic heterocycles. The second kappa shape index (κ2) is 3.99. The van der Waals surface area contributed by atoms with Crippen molar-refractivity contribution in [3.05, 3.63) is 5.82 Å². The lowest BCUT2D eigenvalue weighted by molar-refractivity contribution is -0.0389. The molecule has 0 radical (unpaired) electrons. The van der Waals surface area contributed by atoms with Crippen LogP contribution in [0.25, 0.3) is 0 Å². The predicted octanol–water partition coefficient (Wildman–Crippen LogP) is 2.15. The van der Waals surface area contributed by atoms with Gasteiger partial charge in [0.25, 0.3) is 0 Å². The number of alkyl halides is 2. The maximum absolute atomic E-state index is 13.0. The Kier molecular flexibility index (Phi) is 2.82. The van der Waals surface area contributed by atoms with E-state index in [2.05, 4.69) is 15.5 Å². The smallest absolute Gasteiger partial charge is 0.248 e. The van der Waals surface area contributed by atoms with Gasteiger partial charge in [0.1, 0.15) is 5.82 Å². The van der Waals surface area contributed by atoms with Crippen molar-refractivity contribution in [1.82, 2.24) is 14.8 Å². The van der Waals surface area contributed by atoms with E-state index < -0.39 is 5.92 Å². The van der Waals surface area contributed by atoms with Crippen molar-refractivity contribution in [2.24, 2.45) is 7.05 Å². The van der Waals surface area contributed by atoms with E-state index in [1.165, 1.54) is 0 Å². The number of halogens is 2. The second-order valence-electron chi connectivity index (χ2n) is 4.32. The first-order valence-corrected chi connectivity index (χ1v) is 5.48. The van der Waals surface area contributed by atoms with Crippen LogP contribution in [0.15, 0.2) is 0 Å². The molecule has 0 atom stereocenters. The van der Waals surface area contributed by atoms with Gasteiger partial charge in [0, 0.05) is 32.9 Å². The lowest BCUT2D eigenvalue weighted by atomic mass is 9.86. The van der Waals surface area contributed by atoms with Crippen LogP contribution in [-0.4, -0.2) is 27.7 Å². The molecule has 90 valence electrons. The van der Waals surface area contributed by atoms with Gasteiger partial charge in [0.15, 0.2) is 0 Å². The van der Waals surface area contributed by atoms with Crippen LogP contribution in [0.5, 0.6) is 0 Å². The molecule has 0 bridgehead atoms. The molecule has 4 nitrogen and oxygen atoms in total. The van der Waals surface area contributed by atoms with E-state index >= 15 is 0 Å². The van der Waals surface area contributed by atoms with Crippen LogP contribution in [0.3, 0.4) is 0 Å². The van der Waals surface area contributed by atoms with Gasteiger partial charge in [-0.1, -0.05) is 0 Å². The largest absolute Gasteiger partial charge is 0.357 e. The molecule has 1 aliphatic rings. The summed E-state index contributed by atoms with van der Waals surface area (Å²) in [6.07, 6.45) is 0.893. The molecule has 16 heavy (non-hydrogen) atoms. The minimum Gasteiger partial charge on any atom is -0.357 e. The van der Waals surface area contributed by atoms with Crippen molar-refractivity contribution >= 4 is 5.95 Å². The Labute approximate surface area is 93.1 Å². The minimum atomic E-state index is -2.49. The van der Waals surface area contributed by atoms with Gasteiger partial charge < -0.3 is 9.88 Å². The van der Waals surface area contributed by atoms with Crippen molar-refractivity contribution in [3.63, 3.8) is 0 Å². The van der Waals surface area contributed by atoms with E-state index in [1.54, 1.807) is 7.05 Å². The van der Waals surface area contributed by atoms with E-state index in [4.69, 9.17) is 0 Å². The number of anilines is 1. The Bertz CT molecular complexity index is 365. The standard InChI is InChI=1S/C10H16F2N4/c1-13-9-15-14-8(16(9)2)7-3-5-10(11,12)6-4-7/h7H,3-6H2,1-2H3,(H,13,15). The first kappa shape index (κ1) is 11.3. The lowest BCUT2D eigenvalue weighted by Gasteiger charge is -2.27. The molecule has 2 rings (SSSR count). The van der Waals surface area contributed by atoms with Crippen LogP contribution in [-0.2, 0) is 7.05 Å². The Morgan fingerprint density at radius 2 is 1.94 bits per heavy atom. The summed E-state index contributed by atoms with van der Waals surface area (Å²) in [4.78, 5) is 0. The molecule has 0 spiro atoms. The molecule has 1 aliphatic carbocycles. The third-order valence-corrected chi connectivity index (χ3v) is 3.21. The molecule has 0 unspecified atom stereocenters. The van der Waals surface area contributed by atoms with E-state index in [0.29, 0.717) is 18.8 Å². The third kappa shape index (κ3) is 2.01. The van der Waals surface area contributed by atoms with Gasteiger partial charge in [0.2, 0.25) is 11.9 Å². The van der Waals surface area contributed by atoms with Gasteiger partial charge in [-0.15, -0.1) is 10.2 Å². The minimum absolute atomic E-state index is 0.0422. The maximum Gasteiger partial charge on any atom is 0.248 e. The number of rotatable bonds is 2. The van der Waals surface area contributed by atoms with Crippen LogP contribution in [0.1, 0.15) is 37.4 Å². The van der Waals surface area contributed by atoms with E-state index in [9.17, 15) is 8.78 Å². The van der Waals surface area contributed by atoms with Crippen LogP contribution < -0.4 is 5.32 Å². The summed E-state index contributed by atoms with van der Waals surface area (Å²) in [5.41, 5.74) is 0. The number of nitrogens with zero attached hydrogens (tertiary/aromatic N) is 3. The third-order valence-electron chi connectivity index (χ3n) is 3.21. The first-order chi connectivity index (χ1) is 7.53. The summed E-state index contributed by atoms with van der Waals surface area (Å²) in [6, 6.07) is 0. The fraction of sp³-hybridized carbons (Fsp3) is 0.800. The molecule has 1 fully saturated rings. The maximum atomic E-state index is 13.0. The second-order valence-corrected chi connectivity index (χ2v) is 4.32. The zero-order valence-electron chi connectivity index (χ0n) is 9.50. The van der Waals surface area contributed by atoms with Gasteiger partial charge in [-0.2, -0.15) is 0 Å². The molecule has 1 aromatic rings. The molecule has 1 saturated carbocycles. The molecule has 0 aromatic carbocycles. The summed E-state index contributed by atoms with van der Waals surface area (Å²) >= 11 is 0. The SMILES string of the molecule is CNc1nnc(C2CCC(F)(F)CC2)n1C.